The smallest absolute Gasteiger partial charge is 0.0317 e. The molecule has 0 aromatic rings. The summed E-state index contributed by atoms with van der Waals surface area (Å²) in [5, 5.41) is 0. The molecule has 1 aliphatic rings. The first kappa shape index (κ1) is 9.11. The number of rotatable bonds is 2. The molecule has 0 saturated carbocycles. The summed E-state index contributed by atoms with van der Waals surface area (Å²) in [7, 11) is 0. The summed E-state index contributed by atoms with van der Waals surface area (Å²) in [6.45, 7) is 8.13. The Morgan fingerprint density at radius 3 is 2.33 bits per heavy atom. The summed E-state index contributed by atoms with van der Waals surface area (Å²) in [5.41, 5.74) is 1.26. The molecular weight excluding hydrogens is 146 g/mol. The van der Waals surface area contributed by atoms with E-state index in [1.165, 1.54) is 5.70 Å². The van der Waals surface area contributed by atoms with Gasteiger partial charge in [-0.15, -0.1) is 0 Å². The number of allylic oxidation sites excluding steroid dienone is 2. The highest BCUT2D eigenvalue weighted by atomic mass is 15.1. The maximum Gasteiger partial charge on any atom is 0.0317 e. The molecule has 0 bridgehead atoms. The predicted molar refractivity (Wildman–Crippen MR) is 53.9 cm³/mol. The standard InChI is InChI=1S/C11H17N/c1-3-11(4-2)12-9-7-5-6-8-10-12/h3-6H,1,7-10H2,2H3/b11-4+. The second-order valence-corrected chi connectivity index (χ2v) is 2.95. The molecule has 12 heavy (non-hydrogen) atoms. The fraction of sp³-hybridized carbons (Fsp3) is 0.455. The van der Waals surface area contributed by atoms with Crippen molar-refractivity contribution in [2.75, 3.05) is 13.1 Å². The van der Waals surface area contributed by atoms with E-state index in [1.54, 1.807) is 0 Å². The molecule has 0 aromatic carbocycles. The van der Waals surface area contributed by atoms with Gasteiger partial charge in [0.2, 0.25) is 0 Å². The first-order valence-electron chi connectivity index (χ1n) is 4.57. The molecule has 0 spiro atoms. The van der Waals surface area contributed by atoms with Crippen LogP contribution in [0.3, 0.4) is 0 Å². The van der Waals surface area contributed by atoms with Gasteiger partial charge in [-0.3, -0.25) is 0 Å². The number of hydrogen-bond donors (Lipinski definition) is 0. The van der Waals surface area contributed by atoms with E-state index in [2.05, 4.69) is 36.6 Å². The average Bonchev–Trinajstić information content (AvgIpc) is 2.35. The first-order valence-corrected chi connectivity index (χ1v) is 4.57. The van der Waals surface area contributed by atoms with Gasteiger partial charge in [0.25, 0.3) is 0 Å². The largest absolute Gasteiger partial charge is 0.371 e. The number of hydrogen-bond acceptors (Lipinski definition) is 1. The predicted octanol–water partition coefficient (Wildman–Crippen LogP) is 2.73. The fourth-order valence-corrected chi connectivity index (χ4v) is 1.50. The molecule has 0 atom stereocenters. The van der Waals surface area contributed by atoms with Crippen LogP contribution in [0.2, 0.25) is 0 Å². The van der Waals surface area contributed by atoms with E-state index in [9.17, 15) is 0 Å². The van der Waals surface area contributed by atoms with Crippen molar-refractivity contribution in [2.24, 2.45) is 0 Å². The van der Waals surface area contributed by atoms with Crippen molar-refractivity contribution in [2.45, 2.75) is 19.8 Å². The van der Waals surface area contributed by atoms with E-state index in [0.717, 1.165) is 25.9 Å². The minimum Gasteiger partial charge on any atom is -0.371 e. The summed E-state index contributed by atoms with van der Waals surface area (Å²) in [4.78, 5) is 2.38. The Morgan fingerprint density at radius 1 is 1.33 bits per heavy atom. The Labute approximate surface area is 75.1 Å². The maximum absolute atomic E-state index is 3.81. The Balaban J connectivity index is 2.56. The highest BCUT2D eigenvalue weighted by Gasteiger charge is 2.05. The monoisotopic (exact) mass is 163 g/mol. The molecule has 0 radical (unpaired) electrons. The van der Waals surface area contributed by atoms with E-state index in [1.807, 2.05) is 6.08 Å². The normalized spacial score (nSPS) is 19.1. The fourth-order valence-electron chi connectivity index (χ4n) is 1.50. The third-order valence-corrected chi connectivity index (χ3v) is 2.17. The molecule has 1 rings (SSSR count). The van der Waals surface area contributed by atoms with Crippen molar-refractivity contribution in [1.29, 1.82) is 0 Å². The highest BCUT2D eigenvalue weighted by molar-refractivity contribution is 5.14. The van der Waals surface area contributed by atoms with Gasteiger partial charge in [0.15, 0.2) is 0 Å². The Kier molecular flexibility index (Phi) is 3.65. The molecule has 0 aromatic heterocycles. The third-order valence-electron chi connectivity index (χ3n) is 2.17. The molecule has 0 saturated heterocycles. The first-order chi connectivity index (χ1) is 5.88. The van der Waals surface area contributed by atoms with Gasteiger partial charge < -0.3 is 4.90 Å². The van der Waals surface area contributed by atoms with Gasteiger partial charge in [-0.2, -0.15) is 0 Å². The van der Waals surface area contributed by atoms with E-state index in [0.29, 0.717) is 0 Å². The van der Waals surface area contributed by atoms with E-state index in [-0.39, 0.29) is 0 Å². The van der Waals surface area contributed by atoms with Gasteiger partial charge in [0.05, 0.1) is 0 Å². The van der Waals surface area contributed by atoms with Gasteiger partial charge in [-0.25, -0.2) is 0 Å². The summed E-state index contributed by atoms with van der Waals surface area (Å²) >= 11 is 0. The minimum atomic E-state index is 1.13. The molecule has 66 valence electrons. The van der Waals surface area contributed by atoms with Crippen LogP contribution >= 0.6 is 0 Å². The van der Waals surface area contributed by atoms with Crippen molar-refractivity contribution in [3.05, 3.63) is 36.6 Å². The van der Waals surface area contributed by atoms with Crippen LogP contribution in [0.1, 0.15) is 19.8 Å². The van der Waals surface area contributed by atoms with Crippen molar-refractivity contribution < 1.29 is 0 Å². The average molecular weight is 163 g/mol. The molecule has 1 nitrogen and oxygen atoms in total. The summed E-state index contributed by atoms with van der Waals surface area (Å²) in [6.07, 6.45) is 10.9. The lowest BCUT2D eigenvalue weighted by molar-refractivity contribution is 0.374. The van der Waals surface area contributed by atoms with Crippen LogP contribution in [0.15, 0.2) is 36.6 Å². The Hall–Kier alpha value is -0.980. The molecule has 0 fully saturated rings. The summed E-state index contributed by atoms with van der Waals surface area (Å²) in [6, 6.07) is 0. The van der Waals surface area contributed by atoms with Crippen LogP contribution in [0.25, 0.3) is 0 Å². The van der Waals surface area contributed by atoms with E-state index < -0.39 is 0 Å². The maximum atomic E-state index is 3.81. The van der Waals surface area contributed by atoms with Gasteiger partial charge in [0.1, 0.15) is 0 Å². The van der Waals surface area contributed by atoms with Crippen molar-refractivity contribution >= 4 is 0 Å². The molecule has 0 unspecified atom stereocenters. The van der Waals surface area contributed by atoms with Crippen LogP contribution < -0.4 is 0 Å². The Bertz CT molecular complexity index is 191. The second-order valence-electron chi connectivity index (χ2n) is 2.95. The Morgan fingerprint density at radius 2 is 1.92 bits per heavy atom. The zero-order chi connectivity index (χ0) is 8.81. The zero-order valence-corrected chi connectivity index (χ0v) is 7.79. The molecule has 1 aliphatic heterocycles. The molecule has 1 heteroatoms. The van der Waals surface area contributed by atoms with Gasteiger partial charge in [-0.1, -0.05) is 24.8 Å². The number of nitrogens with zero attached hydrogens (tertiary/aromatic N) is 1. The lowest BCUT2D eigenvalue weighted by atomic mass is 10.3. The molecule has 0 amide bonds. The van der Waals surface area contributed by atoms with Crippen LogP contribution in [-0.4, -0.2) is 18.0 Å². The van der Waals surface area contributed by atoms with Crippen molar-refractivity contribution in [3.8, 4) is 0 Å². The van der Waals surface area contributed by atoms with Crippen LogP contribution in [0.5, 0.6) is 0 Å². The van der Waals surface area contributed by atoms with Gasteiger partial charge >= 0.3 is 0 Å². The third kappa shape index (κ3) is 2.26. The van der Waals surface area contributed by atoms with Crippen molar-refractivity contribution in [1.82, 2.24) is 4.90 Å². The minimum absolute atomic E-state index is 1.13. The molecular formula is C11H17N. The molecule has 1 heterocycles. The van der Waals surface area contributed by atoms with E-state index in [4.69, 9.17) is 0 Å². The zero-order valence-electron chi connectivity index (χ0n) is 7.79. The second kappa shape index (κ2) is 4.81. The highest BCUT2D eigenvalue weighted by Crippen LogP contribution is 2.10. The van der Waals surface area contributed by atoms with Gasteiger partial charge in [0, 0.05) is 18.8 Å². The van der Waals surface area contributed by atoms with Crippen molar-refractivity contribution in [3.63, 3.8) is 0 Å². The quantitative estimate of drug-likeness (QED) is 0.447. The summed E-state index contributed by atoms with van der Waals surface area (Å²) in [5.74, 6) is 0. The van der Waals surface area contributed by atoms with Crippen LogP contribution in [0, 0.1) is 0 Å². The van der Waals surface area contributed by atoms with Crippen LogP contribution in [-0.2, 0) is 0 Å². The molecule has 0 aliphatic carbocycles. The van der Waals surface area contributed by atoms with Gasteiger partial charge in [-0.05, 0) is 25.8 Å². The SMILES string of the molecule is C=C/C(=C\C)N1CCC=CCC1. The summed E-state index contributed by atoms with van der Waals surface area (Å²) < 4.78 is 0. The lowest BCUT2D eigenvalue weighted by Crippen LogP contribution is -2.22. The van der Waals surface area contributed by atoms with E-state index >= 15 is 0 Å². The topological polar surface area (TPSA) is 3.24 Å². The lowest BCUT2D eigenvalue weighted by Gasteiger charge is -2.23. The van der Waals surface area contributed by atoms with Crippen LogP contribution in [0.4, 0.5) is 0 Å². The molecule has 0 N–H and O–H groups in total.